The van der Waals surface area contributed by atoms with Crippen LogP contribution in [0.2, 0.25) is 0 Å². The highest BCUT2D eigenvalue weighted by atomic mass is 32.1. The largest absolute Gasteiger partial charge is 0.454 e. The van der Waals surface area contributed by atoms with Gasteiger partial charge in [-0.05, 0) is 60.9 Å². The molecular formula is C25H24N2O3S. The van der Waals surface area contributed by atoms with E-state index < -0.39 is 0 Å². The van der Waals surface area contributed by atoms with Gasteiger partial charge in [0.25, 0.3) is 0 Å². The van der Waals surface area contributed by atoms with Crippen LogP contribution in [-0.4, -0.2) is 24.3 Å². The van der Waals surface area contributed by atoms with Gasteiger partial charge < -0.3 is 19.7 Å². The lowest BCUT2D eigenvalue weighted by atomic mass is 9.88. The summed E-state index contributed by atoms with van der Waals surface area (Å²) in [6.07, 6.45) is 5.85. The molecule has 3 aliphatic rings. The predicted octanol–water partition coefficient (Wildman–Crippen LogP) is 5.54. The number of aryl methyl sites for hydroxylation is 1. The van der Waals surface area contributed by atoms with Crippen molar-refractivity contribution in [3.8, 4) is 11.5 Å². The molecule has 6 heteroatoms. The Balaban J connectivity index is 1.35. The molecule has 1 N–H and O–H groups in total. The standard InChI is InChI=1S/C25H24N2O3S/c28-25(26-17-10-11-20-21(14-17)30-15-29-20)27-13-12-19-18-8-4-5-9-22(18)31-24(19)23(27)16-6-2-1-3-7-16/h1-3,6-7,10-11,14,23H,4-5,8-9,12-13,15H2,(H,26,28). The number of carbonyl (C=O) groups is 1. The summed E-state index contributed by atoms with van der Waals surface area (Å²) in [5.74, 6) is 1.39. The highest BCUT2D eigenvalue weighted by Crippen LogP contribution is 2.45. The van der Waals surface area contributed by atoms with Crippen molar-refractivity contribution < 1.29 is 14.3 Å². The number of fused-ring (bicyclic) bond motifs is 4. The molecule has 3 heterocycles. The fourth-order valence-electron chi connectivity index (χ4n) is 5.01. The molecule has 0 spiro atoms. The zero-order valence-corrected chi connectivity index (χ0v) is 18.0. The van der Waals surface area contributed by atoms with E-state index in [1.165, 1.54) is 46.6 Å². The molecule has 2 aliphatic heterocycles. The number of hydrogen-bond donors (Lipinski definition) is 1. The van der Waals surface area contributed by atoms with Crippen LogP contribution < -0.4 is 14.8 Å². The number of nitrogens with zero attached hydrogens (tertiary/aromatic N) is 1. The average Bonchev–Trinajstić information content (AvgIpc) is 3.43. The Morgan fingerprint density at radius 3 is 2.71 bits per heavy atom. The number of ether oxygens (including phenoxy) is 2. The Morgan fingerprint density at radius 2 is 1.81 bits per heavy atom. The molecule has 31 heavy (non-hydrogen) atoms. The number of thiophene rings is 1. The van der Waals surface area contributed by atoms with Crippen molar-refractivity contribution in [2.45, 2.75) is 38.1 Å². The van der Waals surface area contributed by atoms with Gasteiger partial charge in [-0.2, -0.15) is 0 Å². The van der Waals surface area contributed by atoms with Gasteiger partial charge in [0.1, 0.15) is 0 Å². The van der Waals surface area contributed by atoms with Crippen molar-refractivity contribution in [3.05, 3.63) is 75.0 Å². The van der Waals surface area contributed by atoms with Crippen LogP contribution in [0.1, 0.15) is 45.3 Å². The van der Waals surface area contributed by atoms with Crippen LogP contribution in [-0.2, 0) is 19.3 Å². The van der Waals surface area contributed by atoms with Gasteiger partial charge in [-0.3, -0.25) is 0 Å². The highest BCUT2D eigenvalue weighted by molar-refractivity contribution is 7.12. The Hall–Kier alpha value is -2.99. The maximum absolute atomic E-state index is 13.5. The summed E-state index contributed by atoms with van der Waals surface area (Å²) in [7, 11) is 0. The Labute approximate surface area is 185 Å². The SMILES string of the molecule is O=C(Nc1ccc2c(c1)OCO2)N1CCc2c(sc3c2CCCC3)C1c1ccccc1. The Bertz CT molecular complexity index is 1140. The zero-order chi connectivity index (χ0) is 20.8. The van der Waals surface area contributed by atoms with Gasteiger partial charge in [0.2, 0.25) is 6.79 Å². The summed E-state index contributed by atoms with van der Waals surface area (Å²) >= 11 is 1.93. The molecule has 0 fully saturated rings. The van der Waals surface area contributed by atoms with E-state index in [0.29, 0.717) is 18.0 Å². The molecule has 0 saturated carbocycles. The molecule has 158 valence electrons. The van der Waals surface area contributed by atoms with Crippen molar-refractivity contribution in [3.63, 3.8) is 0 Å². The number of carbonyl (C=O) groups excluding carboxylic acids is 1. The number of urea groups is 1. The third kappa shape index (κ3) is 3.26. The van der Waals surface area contributed by atoms with Gasteiger partial charge in [-0.25, -0.2) is 4.79 Å². The third-order valence-corrected chi connectivity index (χ3v) is 7.86. The second kappa shape index (κ2) is 7.61. The van der Waals surface area contributed by atoms with Crippen molar-refractivity contribution >= 4 is 23.1 Å². The van der Waals surface area contributed by atoms with Crippen LogP contribution in [0.3, 0.4) is 0 Å². The van der Waals surface area contributed by atoms with Gasteiger partial charge in [-0.1, -0.05) is 30.3 Å². The molecule has 1 aromatic heterocycles. The van der Waals surface area contributed by atoms with Crippen molar-refractivity contribution in [2.75, 3.05) is 18.7 Å². The van der Waals surface area contributed by atoms with E-state index >= 15 is 0 Å². The number of amides is 2. The molecule has 6 rings (SSSR count). The minimum absolute atomic E-state index is 0.0467. The second-order valence-electron chi connectivity index (χ2n) is 8.31. The number of nitrogens with one attached hydrogen (secondary N) is 1. The van der Waals surface area contributed by atoms with Crippen LogP contribution in [0.4, 0.5) is 10.5 Å². The second-order valence-corrected chi connectivity index (χ2v) is 9.45. The van der Waals surface area contributed by atoms with Crippen LogP contribution in [0.25, 0.3) is 0 Å². The van der Waals surface area contributed by atoms with Crippen LogP contribution in [0.5, 0.6) is 11.5 Å². The maximum atomic E-state index is 13.5. The first-order chi connectivity index (χ1) is 15.3. The monoisotopic (exact) mass is 432 g/mol. The minimum Gasteiger partial charge on any atom is -0.454 e. The third-order valence-electron chi connectivity index (χ3n) is 6.47. The molecule has 0 saturated heterocycles. The first kappa shape index (κ1) is 18.8. The van der Waals surface area contributed by atoms with Crippen LogP contribution in [0.15, 0.2) is 48.5 Å². The molecule has 1 unspecified atom stereocenters. The van der Waals surface area contributed by atoms with E-state index in [1.807, 2.05) is 40.5 Å². The summed E-state index contributed by atoms with van der Waals surface area (Å²) in [5.41, 5.74) is 4.96. The molecule has 3 aromatic rings. The first-order valence-electron chi connectivity index (χ1n) is 10.9. The van der Waals surface area contributed by atoms with E-state index in [1.54, 1.807) is 5.56 Å². The summed E-state index contributed by atoms with van der Waals surface area (Å²) in [6, 6.07) is 15.8. The number of anilines is 1. The summed E-state index contributed by atoms with van der Waals surface area (Å²) < 4.78 is 10.8. The van der Waals surface area contributed by atoms with Crippen LogP contribution >= 0.6 is 11.3 Å². The van der Waals surface area contributed by atoms with Gasteiger partial charge in [-0.15, -0.1) is 11.3 Å². The van der Waals surface area contributed by atoms with Crippen molar-refractivity contribution in [1.82, 2.24) is 4.90 Å². The Morgan fingerprint density at radius 1 is 0.968 bits per heavy atom. The normalized spacial score (nSPS) is 19.0. The molecule has 0 radical (unpaired) electrons. The maximum Gasteiger partial charge on any atom is 0.322 e. The Kier molecular flexibility index (Phi) is 4.60. The fourth-order valence-corrected chi connectivity index (χ4v) is 6.59. The lowest BCUT2D eigenvalue weighted by molar-refractivity contribution is 0.174. The van der Waals surface area contributed by atoms with Gasteiger partial charge in [0, 0.05) is 28.1 Å². The summed E-state index contributed by atoms with van der Waals surface area (Å²) in [4.78, 5) is 18.3. The van der Waals surface area contributed by atoms with Gasteiger partial charge in [0.05, 0.1) is 6.04 Å². The van der Waals surface area contributed by atoms with E-state index in [4.69, 9.17) is 9.47 Å². The van der Waals surface area contributed by atoms with Crippen molar-refractivity contribution in [2.24, 2.45) is 0 Å². The van der Waals surface area contributed by atoms with E-state index in [0.717, 1.165) is 12.1 Å². The lowest BCUT2D eigenvalue weighted by Gasteiger charge is -2.36. The molecule has 2 amide bonds. The first-order valence-corrected chi connectivity index (χ1v) is 11.7. The quantitative estimate of drug-likeness (QED) is 0.579. The molecule has 2 aromatic carbocycles. The van der Waals surface area contributed by atoms with E-state index in [-0.39, 0.29) is 18.9 Å². The molecular weight excluding hydrogens is 408 g/mol. The molecule has 0 bridgehead atoms. The smallest absolute Gasteiger partial charge is 0.322 e. The minimum atomic E-state index is -0.0789. The topological polar surface area (TPSA) is 50.8 Å². The summed E-state index contributed by atoms with van der Waals surface area (Å²) in [5, 5.41) is 3.09. The number of benzene rings is 2. The van der Waals surface area contributed by atoms with Crippen molar-refractivity contribution in [1.29, 1.82) is 0 Å². The van der Waals surface area contributed by atoms with Gasteiger partial charge in [0.15, 0.2) is 11.5 Å². The van der Waals surface area contributed by atoms with Gasteiger partial charge >= 0.3 is 6.03 Å². The number of rotatable bonds is 2. The van der Waals surface area contributed by atoms with E-state index in [2.05, 4.69) is 29.6 Å². The zero-order valence-electron chi connectivity index (χ0n) is 17.2. The number of hydrogen-bond acceptors (Lipinski definition) is 4. The highest BCUT2D eigenvalue weighted by Gasteiger charge is 2.36. The summed E-state index contributed by atoms with van der Waals surface area (Å²) in [6.45, 7) is 0.937. The molecule has 1 atom stereocenters. The average molecular weight is 433 g/mol. The lowest BCUT2D eigenvalue weighted by Crippen LogP contribution is -2.42. The van der Waals surface area contributed by atoms with Crippen LogP contribution in [0, 0.1) is 0 Å². The van der Waals surface area contributed by atoms with E-state index in [9.17, 15) is 4.79 Å². The fraction of sp³-hybridized carbons (Fsp3) is 0.320. The molecule has 5 nitrogen and oxygen atoms in total. The predicted molar refractivity (Wildman–Crippen MR) is 121 cm³/mol. The molecule has 1 aliphatic carbocycles.